The Morgan fingerprint density at radius 2 is 1.76 bits per heavy atom. The molecule has 0 aromatic heterocycles. The van der Waals surface area contributed by atoms with E-state index in [9.17, 15) is 13.2 Å². The Labute approximate surface area is 119 Å². The van der Waals surface area contributed by atoms with Crippen LogP contribution in [0.5, 0.6) is 5.75 Å². The summed E-state index contributed by atoms with van der Waals surface area (Å²) < 4.78 is 44.5. The van der Waals surface area contributed by atoms with Crippen LogP contribution in [0, 0.1) is 0 Å². The predicted molar refractivity (Wildman–Crippen MR) is 74.3 cm³/mol. The van der Waals surface area contributed by atoms with E-state index in [4.69, 9.17) is 10.6 Å². The zero-order chi connectivity index (χ0) is 15.5. The van der Waals surface area contributed by atoms with Gasteiger partial charge >= 0.3 is 6.18 Å². The van der Waals surface area contributed by atoms with Gasteiger partial charge in [0.25, 0.3) is 0 Å². The van der Waals surface area contributed by atoms with E-state index in [-0.39, 0.29) is 17.0 Å². The van der Waals surface area contributed by atoms with Crippen LogP contribution in [0.1, 0.15) is 16.7 Å². The van der Waals surface area contributed by atoms with Gasteiger partial charge in [0.15, 0.2) is 0 Å². The van der Waals surface area contributed by atoms with Crippen molar-refractivity contribution in [3.05, 3.63) is 65.2 Å². The summed E-state index contributed by atoms with van der Waals surface area (Å²) in [7, 11) is 1.31. The van der Waals surface area contributed by atoms with Gasteiger partial charge < -0.3 is 10.6 Å². The first-order chi connectivity index (χ1) is 9.97. The molecule has 0 spiro atoms. The third kappa shape index (κ3) is 3.16. The van der Waals surface area contributed by atoms with E-state index in [0.717, 1.165) is 6.07 Å². The second-order valence-electron chi connectivity index (χ2n) is 4.25. The third-order valence-corrected chi connectivity index (χ3v) is 2.96. The van der Waals surface area contributed by atoms with E-state index in [1.807, 2.05) is 0 Å². The lowest BCUT2D eigenvalue weighted by molar-refractivity contribution is -0.137. The number of hydrogen-bond donors (Lipinski definition) is 1. The number of rotatable bonds is 3. The van der Waals surface area contributed by atoms with Crippen LogP contribution in [0.3, 0.4) is 0 Å². The van der Waals surface area contributed by atoms with E-state index < -0.39 is 11.7 Å². The molecule has 2 aromatic rings. The fraction of sp³-hybridized carbons (Fsp3) is 0.133. The molecule has 0 fully saturated rings. The van der Waals surface area contributed by atoms with Crippen molar-refractivity contribution in [2.24, 2.45) is 10.9 Å². The fourth-order valence-corrected chi connectivity index (χ4v) is 1.99. The number of halogens is 3. The van der Waals surface area contributed by atoms with Crippen molar-refractivity contribution in [3.63, 3.8) is 0 Å². The van der Waals surface area contributed by atoms with Crippen molar-refractivity contribution >= 4 is 5.71 Å². The van der Waals surface area contributed by atoms with Gasteiger partial charge in [-0.15, -0.1) is 0 Å². The van der Waals surface area contributed by atoms with E-state index in [1.54, 1.807) is 30.3 Å². The van der Waals surface area contributed by atoms with Crippen molar-refractivity contribution in [1.29, 1.82) is 0 Å². The lowest BCUT2D eigenvalue weighted by Gasteiger charge is -2.15. The fourth-order valence-electron chi connectivity index (χ4n) is 1.99. The third-order valence-electron chi connectivity index (χ3n) is 2.96. The van der Waals surface area contributed by atoms with Gasteiger partial charge in [-0.25, -0.2) is 0 Å². The lowest BCUT2D eigenvalue weighted by atomic mass is 9.97. The highest BCUT2D eigenvalue weighted by atomic mass is 19.4. The van der Waals surface area contributed by atoms with Crippen LogP contribution in [-0.4, -0.2) is 12.8 Å². The van der Waals surface area contributed by atoms with Crippen molar-refractivity contribution in [1.82, 2.24) is 0 Å². The van der Waals surface area contributed by atoms with Crippen LogP contribution in [0.2, 0.25) is 0 Å². The second-order valence-corrected chi connectivity index (χ2v) is 4.25. The minimum atomic E-state index is -4.53. The highest BCUT2D eigenvalue weighted by Crippen LogP contribution is 2.35. The molecule has 2 N–H and O–H groups in total. The Kier molecular flexibility index (Phi) is 4.16. The smallest absolute Gasteiger partial charge is 0.417 e. The lowest BCUT2D eigenvalue weighted by Crippen LogP contribution is -2.16. The minimum absolute atomic E-state index is 0.0746. The molecule has 0 radical (unpaired) electrons. The van der Waals surface area contributed by atoms with Crippen LogP contribution < -0.4 is 10.6 Å². The molecule has 0 atom stereocenters. The first-order valence-corrected chi connectivity index (χ1v) is 6.06. The summed E-state index contributed by atoms with van der Waals surface area (Å²) in [6.07, 6.45) is -4.53. The molecule has 2 aromatic carbocycles. The predicted octanol–water partition coefficient (Wildman–Crippen LogP) is 3.43. The maximum absolute atomic E-state index is 13.2. The number of nitrogens with two attached hydrogens (primary N) is 1. The first-order valence-electron chi connectivity index (χ1n) is 6.06. The molecule has 0 saturated heterocycles. The minimum Gasteiger partial charge on any atom is -0.497 e. The zero-order valence-corrected chi connectivity index (χ0v) is 11.2. The van der Waals surface area contributed by atoms with Gasteiger partial charge in [0.2, 0.25) is 0 Å². The summed E-state index contributed by atoms with van der Waals surface area (Å²) in [5.41, 5.74) is -0.340. The van der Waals surface area contributed by atoms with Crippen LogP contribution >= 0.6 is 0 Å². The van der Waals surface area contributed by atoms with Crippen LogP contribution in [0.25, 0.3) is 0 Å². The molecule has 3 nitrogen and oxygen atoms in total. The van der Waals surface area contributed by atoms with Crippen LogP contribution in [0.15, 0.2) is 53.6 Å². The molecule has 0 aliphatic rings. The van der Waals surface area contributed by atoms with Gasteiger partial charge in [-0.1, -0.05) is 30.3 Å². The van der Waals surface area contributed by atoms with E-state index in [2.05, 4.69) is 5.10 Å². The number of hydrogen-bond acceptors (Lipinski definition) is 3. The first kappa shape index (κ1) is 14.9. The van der Waals surface area contributed by atoms with Gasteiger partial charge in [-0.2, -0.15) is 18.3 Å². The SMILES string of the molecule is COc1ccc(C(=NN)c2ccccc2)c(C(F)(F)F)c1. The highest BCUT2D eigenvalue weighted by Gasteiger charge is 2.35. The van der Waals surface area contributed by atoms with Gasteiger partial charge in [0.1, 0.15) is 5.75 Å². The molecular formula is C15H13F3N2O. The van der Waals surface area contributed by atoms with E-state index >= 15 is 0 Å². The summed E-state index contributed by atoms with van der Waals surface area (Å²) in [5, 5.41) is 3.53. The largest absolute Gasteiger partial charge is 0.497 e. The number of nitrogens with zero attached hydrogens (tertiary/aromatic N) is 1. The molecule has 0 heterocycles. The molecule has 21 heavy (non-hydrogen) atoms. The van der Waals surface area contributed by atoms with E-state index in [1.165, 1.54) is 19.2 Å². The van der Waals surface area contributed by atoms with Crippen molar-refractivity contribution in [2.45, 2.75) is 6.18 Å². The standard InChI is InChI=1S/C15H13F3N2O/c1-21-11-7-8-12(13(9-11)15(16,17)18)14(20-19)10-5-3-2-4-6-10/h2-9H,19H2,1H3. The van der Waals surface area contributed by atoms with Gasteiger partial charge in [-0.05, 0) is 18.2 Å². The topological polar surface area (TPSA) is 47.6 Å². The molecule has 0 bridgehead atoms. The summed E-state index contributed by atoms with van der Waals surface area (Å²) in [6.45, 7) is 0. The summed E-state index contributed by atoms with van der Waals surface area (Å²) in [6, 6.07) is 12.2. The van der Waals surface area contributed by atoms with Gasteiger partial charge in [-0.3, -0.25) is 0 Å². The Bertz CT molecular complexity index is 652. The second kappa shape index (κ2) is 5.87. The maximum atomic E-state index is 13.2. The van der Waals surface area contributed by atoms with Crippen molar-refractivity contribution < 1.29 is 17.9 Å². The molecule has 0 saturated carbocycles. The zero-order valence-electron chi connectivity index (χ0n) is 11.2. The number of hydrazone groups is 1. The number of alkyl halides is 3. The molecule has 6 heteroatoms. The Morgan fingerprint density at radius 1 is 1.10 bits per heavy atom. The normalized spacial score (nSPS) is 12.3. The molecule has 2 rings (SSSR count). The summed E-state index contributed by atoms with van der Waals surface area (Å²) in [5.74, 6) is 5.43. The summed E-state index contributed by atoms with van der Waals surface area (Å²) >= 11 is 0. The van der Waals surface area contributed by atoms with Gasteiger partial charge in [0.05, 0.1) is 18.4 Å². The molecule has 0 amide bonds. The van der Waals surface area contributed by atoms with Crippen molar-refractivity contribution in [3.8, 4) is 5.75 Å². The summed E-state index contributed by atoms with van der Waals surface area (Å²) in [4.78, 5) is 0. The maximum Gasteiger partial charge on any atom is 0.417 e. The van der Waals surface area contributed by atoms with Crippen molar-refractivity contribution in [2.75, 3.05) is 7.11 Å². The Morgan fingerprint density at radius 3 is 2.29 bits per heavy atom. The Balaban J connectivity index is 2.62. The number of ether oxygens (including phenoxy) is 1. The molecule has 110 valence electrons. The quantitative estimate of drug-likeness (QED) is 0.535. The number of methoxy groups -OCH3 is 1. The molecular weight excluding hydrogens is 281 g/mol. The van der Waals surface area contributed by atoms with Crippen LogP contribution in [-0.2, 0) is 6.18 Å². The Hall–Kier alpha value is -2.50. The molecule has 0 aliphatic carbocycles. The number of benzene rings is 2. The monoisotopic (exact) mass is 294 g/mol. The average molecular weight is 294 g/mol. The highest BCUT2D eigenvalue weighted by molar-refractivity contribution is 6.13. The molecule has 0 unspecified atom stereocenters. The van der Waals surface area contributed by atoms with E-state index in [0.29, 0.717) is 5.56 Å². The van der Waals surface area contributed by atoms with Gasteiger partial charge in [0, 0.05) is 11.1 Å². The molecule has 0 aliphatic heterocycles. The average Bonchev–Trinajstić information content (AvgIpc) is 2.48. The van der Waals surface area contributed by atoms with Crippen LogP contribution in [0.4, 0.5) is 13.2 Å².